The first-order valence-corrected chi connectivity index (χ1v) is 6.08. The van der Waals surface area contributed by atoms with E-state index in [2.05, 4.69) is 36.5 Å². The molecule has 11 heavy (non-hydrogen) atoms. The molecular formula is C10H13Nb. The molecule has 0 bridgehead atoms. The van der Waals surface area contributed by atoms with Gasteiger partial charge in [0.1, 0.15) is 0 Å². The molecule has 0 radical (unpaired) electrons. The van der Waals surface area contributed by atoms with Crippen LogP contribution >= 0.6 is 0 Å². The fourth-order valence-corrected chi connectivity index (χ4v) is 3.89. The van der Waals surface area contributed by atoms with Crippen molar-refractivity contribution >= 4 is 0 Å². The summed E-state index contributed by atoms with van der Waals surface area (Å²) in [7, 11) is 0. The number of allylic oxidation sites excluding steroid dienone is 8. The van der Waals surface area contributed by atoms with Gasteiger partial charge in [-0.15, -0.1) is 0 Å². The molecule has 0 N–H and O–H groups in total. The fourth-order valence-electron chi connectivity index (χ4n) is 1.22. The number of hydrogen-bond donors (Lipinski definition) is 0. The standard InChI is InChI=1S/2C5H5.Nb.3H/c2*1-2-4-5-3-1;;;;/h2*1-3H,4H2;;;;/q;;+3;3*-1. The Kier molecular flexibility index (Phi) is 2.27. The minimum absolute atomic E-state index is 0. The summed E-state index contributed by atoms with van der Waals surface area (Å²) in [4.78, 5) is 0. The largest absolute Gasteiger partial charge is 1.00 e. The molecule has 0 heterocycles. The van der Waals surface area contributed by atoms with E-state index < -0.39 is 0 Å². The van der Waals surface area contributed by atoms with E-state index in [0.717, 1.165) is 0 Å². The quantitative estimate of drug-likeness (QED) is 0.634. The monoisotopic (exact) mass is 226 g/mol. The summed E-state index contributed by atoms with van der Waals surface area (Å²) >= 11 is -0.136. The van der Waals surface area contributed by atoms with Gasteiger partial charge in [0.25, 0.3) is 0 Å². The van der Waals surface area contributed by atoms with Gasteiger partial charge in [-0.2, -0.15) is 0 Å². The summed E-state index contributed by atoms with van der Waals surface area (Å²) < 4.78 is 3.41. The molecule has 0 spiro atoms. The van der Waals surface area contributed by atoms with Gasteiger partial charge in [-0.3, -0.25) is 0 Å². The molecule has 0 aromatic heterocycles. The van der Waals surface area contributed by atoms with Crippen LogP contribution in [0.25, 0.3) is 0 Å². The zero-order valence-corrected chi connectivity index (χ0v) is 8.52. The molecule has 0 saturated carbocycles. The van der Waals surface area contributed by atoms with E-state index in [0.29, 0.717) is 0 Å². The van der Waals surface area contributed by atoms with Crippen LogP contribution < -0.4 is 0 Å². The summed E-state index contributed by atoms with van der Waals surface area (Å²) in [5.41, 5.74) is 0. The fraction of sp³-hybridized carbons (Fsp3) is 0.200. The molecule has 58 valence electrons. The van der Waals surface area contributed by atoms with Crippen LogP contribution in [0.5, 0.6) is 0 Å². The summed E-state index contributed by atoms with van der Waals surface area (Å²) in [6.45, 7) is 0. The maximum absolute atomic E-state index is 2.30. The van der Waals surface area contributed by atoms with E-state index in [1.807, 2.05) is 0 Å². The van der Waals surface area contributed by atoms with Crippen molar-refractivity contribution in [1.82, 2.24) is 0 Å². The van der Waals surface area contributed by atoms with E-state index in [9.17, 15) is 0 Å². The first kappa shape index (κ1) is 7.35. The Morgan fingerprint density at radius 3 is 1.91 bits per heavy atom. The normalized spacial score (nSPS) is 20.0. The van der Waals surface area contributed by atoms with Crippen molar-refractivity contribution in [3.63, 3.8) is 0 Å². The van der Waals surface area contributed by atoms with Gasteiger partial charge in [0, 0.05) is 0 Å². The Hall–Kier alpha value is -0.300. The van der Waals surface area contributed by atoms with Crippen LogP contribution in [0.15, 0.2) is 44.0 Å². The van der Waals surface area contributed by atoms with E-state index in [4.69, 9.17) is 0 Å². The van der Waals surface area contributed by atoms with Crippen molar-refractivity contribution in [2.75, 3.05) is 0 Å². The van der Waals surface area contributed by atoms with E-state index in [1.165, 1.54) is 12.8 Å². The maximum Gasteiger partial charge on any atom is -1.00 e. The molecule has 1 heteroatoms. The molecule has 0 amide bonds. The second-order valence-electron chi connectivity index (χ2n) is 2.69. The molecule has 0 atom stereocenters. The average molecular weight is 226 g/mol. The van der Waals surface area contributed by atoms with Crippen molar-refractivity contribution in [2.24, 2.45) is 0 Å². The average Bonchev–Trinajstić information content (AvgIpc) is 2.60. The topological polar surface area (TPSA) is 0 Å². The molecule has 0 saturated heterocycles. The summed E-state index contributed by atoms with van der Waals surface area (Å²) in [5, 5.41) is 0. The Morgan fingerprint density at radius 2 is 1.55 bits per heavy atom. The minimum atomic E-state index is -0.136. The van der Waals surface area contributed by atoms with Crippen molar-refractivity contribution < 1.29 is 24.0 Å². The molecule has 2 aliphatic carbocycles. The van der Waals surface area contributed by atoms with Crippen molar-refractivity contribution in [2.45, 2.75) is 12.8 Å². The maximum atomic E-state index is 2.30. The number of rotatable bonds is 2. The first-order chi connectivity index (χ1) is 5.45. The predicted molar refractivity (Wildman–Crippen MR) is 47.0 cm³/mol. The summed E-state index contributed by atoms with van der Waals surface area (Å²) in [5.74, 6) is 0. The summed E-state index contributed by atoms with van der Waals surface area (Å²) in [6.07, 6.45) is 16.0. The zero-order valence-electron chi connectivity index (χ0n) is 9.33. The molecule has 0 fully saturated rings. The van der Waals surface area contributed by atoms with E-state index >= 15 is 0 Å². The van der Waals surface area contributed by atoms with Crippen molar-refractivity contribution in [1.29, 1.82) is 0 Å². The van der Waals surface area contributed by atoms with Gasteiger partial charge in [0.05, 0.1) is 0 Å². The molecule has 0 aliphatic heterocycles. The van der Waals surface area contributed by atoms with Crippen LogP contribution in [0, 0.1) is 0 Å². The molecular weight excluding hydrogens is 213 g/mol. The zero-order chi connectivity index (χ0) is 7.52. The van der Waals surface area contributed by atoms with Gasteiger partial charge >= 0.3 is 76.6 Å². The second kappa shape index (κ2) is 3.40. The molecule has 0 aromatic rings. The van der Waals surface area contributed by atoms with E-state index in [1.54, 1.807) is 7.58 Å². The molecule has 0 nitrogen and oxygen atoms in total. The van der Waals surface area contributed by atoms with Crippen LogP contribution in [0.2, 0.25) is 0 Å². The predicted octanol–water partition coefficient (Wildman–Crippen LogP) is 3.09. The third-order valence-corrected chi connectivity index (χ3v) is 4.83. The van der Waals surface area contributed by atoms with Crippen LogP contribution in [0.3, 0.4) is 0 Å². The van der Waals surface area contributed by atoms with Gasteiger partial charge < -0.3 is 4.28 Å². The van der Waals surface area contributed by atoms with Gasteiger partial charge in [-0.05, 0) is 0 Å². The van der Waals surface area contributed by atoms with Crippen LogP contribution in [-0.2, 0) is 19.8 Å². The minimum Gasteiger partial charge on any atom is -1.00 e. The summed E-state index contributed by atoms with van der Waals surface area (Å²) in [6, 6.07) is 0. The van der Waals surface area contributed by atoms with Gasteiger partial charge in [0.2, 0.25) is 0 Å². The van der Waals surface area contributed by atoms with Crippen LogP contribution in [0.1, 0.15) is 17.1 Å². The molecule has 2 rings (SSSR count). The Labute approximate surface area is 81.2 Å². The Morgan fingerprint density at radius 1 is 1.00 bits per heavy atom. The van der Waals surface area contributed by atoms with Crippen molar-refractivity contribution in [3.8, 4) is 0 Å². The van der Waals surface area contributed by atoms with Gasteiger partial charge in [-0.25, -0.2) is 0 Å². The van der Waals surface area contributed by atoms with Crippen molar-refractivity contribution in [3.05, 3.63) is 44.0 Å². The SMILES string of the molecule is C1=CC[C]([Nb+3][C]2=CC=CC2)=C1.[H-].[H-].[H-]. The Balaban J connectivity index is 0. The van der Waals surface area contributed by atoms with Gasteiger partial charge in [0.15, 0.2) is 0 Å². The first-order valence-electron chi connectivity index (χ1n) is 3.88. The van der Waals surface area contributed by atoms with Crippen LogP contribution in [-0.4, -0.2) is 0 Å². The van der Waals surface area contributed by atoms with Crippen LogP contribution in [0.4, 0.5) is 0 Å². The third-order valence-electron chi connectivity index (χ3n) is 1.79. The van der Waals surface area contributed by atoms with E-state index in [-0.39, 0.29) is 24.0 Å². The molecule has 0 aromatic carbocycles. The number of hydrogen-bond acceptors (Lipinski definition) is 0. The second-order valence-corrected chi connectivity index (χ2v) is 6.07. The smallest absolute Gasteiger partial charge is 1.00 e. The molecule has 2 aliphatic rings. The van der Waals surface area contributed by atoms with Gasteiger partial charge in [-0.1, -0.05) is 0 Å². The molecule has 0 unspecified atom stereocenters. The Bertz CT molecular complexity index is 249. The third kappa shape index (κ3) is 1.84.